The number of anilines is 1. The molecule has 2 aromatic heterocycles. The second kappa shape index (κ2) is 7.94. The van der Waals surface area contributed by atoms with E-state index >= 15 is 0 Å². The Morgan fingerprint density at radius 2 is 1.81 bits per heavy atom. The molecule has 6 heteroatoms. The van der Waals surface area contributed by atoms with E-state index in [1.54, 1.807) is 24.8 Å². The van der Waals surface area contributed by atoms with E-state index in [0.717, 1.165) is 50.2 Å². The number of methoxy groups -OCH3 is 1. The fourth-order valence-electron chi connectivity index (χ4n) is 2.85. The molecule has 2 heterocycles. The van der Waals surface area contributed by atoms with Crippen molar-refractivity contribution in [1.82, 2.24) is 9.97 Å². The highest BCUT2D eigenvalue weighted by atomic mass is 35.5. The Bertz CT molecular complexity index is 1050. The Morgan fingerprint density at radius 1 is 1.04 bits per heavy atom. The van der Waals surface area contributed by atoms with Gasteiger partial charge in [0.25, 0.3) is 0 Å². The molecule has 136 valence electrons. The maximum absolute atomic E-state index is 5.99. The molecule has 1 N–H and O–H groups in total. The molecular formula is C21H18ClN3OS. The van der Waals surface area contributed by atoms with Crippen LogP contribution in [0.25, 0.3) is 20.7 Å². The number of thiophene rings is 1. The van der Waals surface area contributed by atoms with Crippen molar-refractivity contribution in [2.24, 2.45) is 0 Å². The van der Waals surface area contributed by atoms with Gasteiger partial charge >= 0.3 is 0 Å². The lowest BCUT2D eigenvalue weighted by molar-refractivity contribution is 0.414. The summed E-state index contributed by atoms with van der Waals surface area (Å²) in [6, 6.07) is 18.1. The minimum atomic E-state index is 0.737. The van der Waals surface area contributed by atoms with Crippen LogP contribution in [-0.2, 0) is 6.42 Å². The first-order chi connectivity index (χ1) is 13.2. The molecule has 4 nitrogen and oxygen atoms in total. The number of ether oxygens (including phenoxy) is 1. The summed E-state index contributed by atoms with van der Waals surface area (Å²) in [4.78, 5) is 10.00. The summed E-state index contributed by atoms with van der Waals surface area (Å²) in [6.45, 7) is 0.798. The van der Waals surface area contributed by atoms with Gasteiger partial charge in [-0.05, 0) is 47.9 Å². The van der Waals surface area contributed by atoms with E-state index in [9.17, 15) is 0 Å². The Hall–Kier alpha value is -2.63. The standard InChI is InChI=1S/C21H18ClN3OS/c1-26-17-8-2-14(3-9-17)10-11-23-21-20-18(24-13-25-21)12-19(27-20)15-4-6-16(22)7-5-15/h2-9,12-13H,10-11H2,1H3,(H,23,24,25). The molecule has 0 spiro atoms. The van der Waals surface area contributed by atoms with Crippen LogP contribution in [0.4, 0.5) is 5.82 Å². The van der Waals surface area contributed by atoms with Crippen molar-refractivity contribution in [3.8, 4) is 16.2 Å². The lowest BCUT2D eigenvalue weighted by Gasteiger charge is -2.07. The number of benzene rings is 2. The van der Waals surface area contributed by atoms with Crippen LogP contribution < -0.4 is 10.1 Å². The van der Waals surface area contributed by atoms with Crippen LogP contribution >= 0.6 is 22.9 Å². The van der Waals surface area contributed by atoms with E-state index in [1.165, 1.54) is 5.56 Å². The van der Waals surface area contributed by atoms with Gasteiger partial charge in [0.05, 0.1) is 17.3 Å². The largest absolute Gasteiger partial charge is 0.497 e. The van der Waals surface area contributed by atoms with Gasteiger partial charge in [-0.1, -0.05) is 35.9 Å². The van der Waals surface area contributed by atoms with Crippen molar-refractivity contribution >= 4 is 39.0 Å². The smallest absolute Gasteiger partial charge is 0.147 e. The first-order valence-electron chi connectivity index (χ1n) is 8.60. The van der Waals surface area contributed by atoms with E-state index in [2.05, 4.69) is 33.5 Å². The molecule has 2 aromatic carbocycles. The number of nitrogens with one attached hydrogen (secondary N) is 1. The van der Waals surface area contributed by atoms with Crippen LogP contribution in [0.3, 0.4) is 0 Å². The maximum Gasteiger partial charge on any atom is 0.147 e. The highest BCUT2D eigenvalue weighted by Gasteiger charge is 2.10. The first kappa shape index (κ1) is 17.8. The Morgan fingerprint density at radius 3 is 2.56 bits per heavy atom. The fraction of sp³-hybridized carbons (Fsp3) is 0.143. The van der Waals surface area contributed by atoms with E-state index in [4.69, 9.17) is 16.3 Å². The van der Waals surface area contributed by atoms with Crippen LogP contribution in [0.1, 0.15) is 5.56 Å². The van der Waals surface area contributed by atoms with Gasteiger partial charge in [0.15, 0.2) is 0 Å². The molecule has 27 heavy (non-hydrogen) atoms. The number of fused-ring (bicyclic) bond motifs is 1. The van der Waals surface area contributed by atoms with Gasteiger partial charge < -0.3 is 10.1 Å². The van der Waals surface area contributed by atoms with Crippen LogP contribution in [0, 0.1) is 0 Å². The first-order valence-corrected chi connectivity index (χ1v) is 9.79. The van der Waals surface area contributed by atoms with Gasteiger partial charge in [0.2, 0.25) is 0 Å². The Labute approximate surface area is 166 Å². The van der Waals surface area contributed by atoms with E-state index in [1.807, 2.05) is 36.4 Å². The molecule has 0 aliphatic carbocycles. The number of aromatic nitrogens is 2. The zero-order chi connectivity index (χ0) is 18.6. The second-order valence-corrected chi connectivity index (χ2v) is 7.57. The predicted molar refractivity (Wildman–Crippen MR) is 113 cm³/mol. The zero-order valence-electron chi connectivity index (χ0n) is 14.8. The number of halogens is 1. The van der Waals surface area contributed by atoms with Crippen molar-refractivity contribution in [2.75, 3.05) is 19.0 Å². The quantitative estimate of drug-likeness (QED) is 0.456. The molecule has 0 aliphatic rings. The third-order valence-corrected chi connectivity index (χ3v) is 5.74. The molecule has 0 saturated carbocycles. The minimum Gasteiger partial charge on any atom is -0.497 e. The number of hydrogen-bond donors (Lipinski definition) is 1. The molecule has 0 unspecified atom stereocenters. The summed E-state index contributed by atoms with van der Waals surface area (Å²) >= 11 is 7.68. The molecular weight excluding hydrogens is 378 g/mol. The van der Waals surface area contributed by atoms with E-state index < -0.39 is 0 Å². The van der Waals surface area contributed by atoms with Crippen LogP contribution in [-0.4, -0.2) is 23.6 Å². The van der Waals surface area contributed by atoms with Crippen LogP contribution in [0.15, 0.2) is 60.9 Å². The molecule has 4 rings (SSSR count). The van der Waals surface area contributed by atoms with Crippen LogP contribution in [0.2, 0.25) is 5.02 Å². The second-order valence-electron chi connectivity index (χ2n) is 6.08. The summed E-state index contributed by atoms with van der Waals surface area (Å²) in [6.07, 6.45) is 2.52. The summed E-state index contributed by atoms with van der Waals surface area (Å²) in [5.74, 6) is 1.75. The molecule has 4 aromatic rings. The SMILES string of the molecule is COc1ccc(CCNc2ncnc3cc(-c4ccc(Cl)cc4)sc23)cc1. The fourth-order valence-corrected chi connectivity index (χ4v) is 4.06. The monoisotopic (exact) mass is 395 g/mol. The highest BCUT2D eigenvalue weighted by molar-refractivity contribution is 7.22. The lowest BCUT2D eigenvalue weighted by Crippen LogP contribution is -2.06. The summed E-state index contributed by atoms with van der Waals surface area (Å²) in [5.41, 5.74) is 3.33. The molecule has 0 fully saturated rings. The molecule has 0 amide bonds. The minimum absolute atomic E-state index is 0.737. The summed E-state index contributed by atoms with van der Waals surface area (Å²) < 4.78 is 6.26. The van der Waals surface area contributed by atoms with Crippen molar-refractivity contribution in [3.05, 3.63) is 71.5 Å². The Balaban J connectivity index is 1.50. The number of hydrogen-bond acceptors (Lipinski definition) is 5. The highest BCUT2D eigenvalue weighted by Crippen LogP contribution is 2.35. The molecule has 0 bridgehead atoms. The molecule has 0 saturated heterocycles. The van der Waals surface area contributed by atoms with Gasteiger partial charge in [0, 0.05) is 16.4 Å². The molecule has 0 atom stereocenters. The maximum atomic E-state index is 5.99. The third-order valence-electron chi connectivity index (χ3n) is 4.31. The van der Waals surface area contributed by atoms with Gasteiger partial charge in [0.1, 0.15) is 17.9 Å². The van der Waals surface area contributed by atoms with E-state index in [0.29, 0.717) is 0 Å². The van der Waals surface area contributed by atoms with Crippen molar-refractivity contribution in [3.63, 3.8) is 0 Å². The number of nitrogens with zero attached hydrogens (tertiary/aromatic N) is 2. The van der Waals surface area contributed by atoms with Crippen LogP contribution in [0.5, 0.6) is 5.75 Å². The van der Waals surface area contributed by atoms with Gasteiger partial charge in [-0.3, -0.25) is 0 Å². The summed E-state index contributed by atoms with van der Waals surface area (Å²) in [7, 11) is 1.68. The Kier molecular flexibility index (Phi) is 5.23. The third kappa shape index (κ3) is 4.04. The normalized spacial score (nSPS) is 10.9. The zero-order valence-corrected chi connectivity index (χ0v) is 16.3. The summed E-state index contributed by atoms with van der Waals surface area (Å²) in [5, 5.41) is 4.18. The van der Waals surface area contributed by atoms with Gasteiger partial charge in [-0.15, -0.1) is 11.3 Å². The van der Waals surface area contributed by atoms with Crippen molar-refractivity contribution in [1.29, 1.82) is 0 Å². The van der Waals surface area contributed by atoms with Gasteiger partial charge in [-0.25, -0.2) is 9.97 Å². The topological polar surface area (TPSA) is 47.0 Å². The van der Waals surface area contributed by atoms with E-state index in [-0.39, 0.29) is 0 Å². The molecule has 0 aliphatic heterocycles. The van der Waals surface area contributed by atoms with Gasteiger partial charge in [-0.2, -0.15) is 0 Å². The average Bonchev–Trinajstić information content (AvgIpc) is 3.14. The van der Waals surface area contributed by atoms with Crippen molar-refractivity contribution < 1.29 is 4.74 Å². The lowest BCUT2D eigenvalue weighted by atomic mass is 10.1. The molecule has 0 radical (unpaired) electrons. The van der Waals surface area contributed by atoms with Crippen molar-refractivity contribution in [2.45, 2.75) is 6.42 Å². The number of rotatable bonds is 6. The average molecular weight is 396 g/mol. The predicted octanol–water partition coefficient (Wildman–Crippen LogP) is 5.67.